The molecule has 0 saturated carbocycles. The number of carbonyl (C=O) groups is 1. The van der Waals surface area contributed by atoms with Crippen molar-refractivity contribution in [3.63, 3.8) is 0 Å². The minimum absolute atomic E-state index is 0.0567. The molecule has 2 aliphatic rings. The van der Waals surface area contributed by atoms with E-state index in [1.165, 1.54) is 5.56 Å². The summed E-state index contributed by atoms with van der Waals surface area (Å²) in [6.07, 6.45) is 2.36. The molecule has 0 radical (unpaired) electrons. The zero-order valence-electron chi connectivity index (χ0n) is 12.1. The molecule has 108 valence electrons. The van der Waals surface area contributed by atoms with Gasteiger partial charge in [-0.2, -0.15) is 0 Å². The number of ether oxygens (including phenoxy) is 1. The zero-order valence-corrected chi connectivity index (χ0v) is 12.1. The van der Waals surface area contributed by atoms with E-state index in [0.717, 1.165) is 30.8 Å². The summed E-state index contributed by atoms with van der Waals surface area (Å²) < 4.78 is 5.64. The average Bonchev–Trinajstić information content (AvgIpc) is 2.97. The number of benzene rings is 1. The summed E-state index contributed by atoms with van der Waals surface area (Å²) in [6, 6.07) is 6.22. The number of anilines is 2. The number of rotatable bonds is 3. The predicted octanol–water partition coefficient (Wildman–Crippen LogP) is 2.28. The van der Waals surface area contributed by atoms with Gasteiger partial charge in [0.15, 0.2) is 0 Å². The predicted molar refractivity (Wildman–Crippen MR) is 79.2 cm³/mol. The van der Waals surface area contributed by atoms with E-state index < -0.39 is 0 Å². The second kappa shape index (κ2) is 5.32. The second-order valence-electron chi connectivity index (χ2n) is 5.45. The molecule has 1 saturated heterocycles. The Balaban J connectivity index is 1.81. The van der Waals surface area contributed by atoms with Crippen LogP contribution in [0.15, 0.2) is 18.2 Å². The van der Waals surface area contributed by atoms with Crippen molar-refractivity contribution in [2.45, 2.75) is 25.5 Å². The maximum Gasteiger partial charge on any atom is 0.324 e. The largest absolute Gasteiger partial charge is 0.388 e. The van der Waals surface area contributed by atoms with Crippen LogP contribution in [0.3, 0.4) is 0 Å². The number of nitrogens with one attached hydrogen (secondary N) is 1. The van der Waals surface area contributed by atoms with Crippen LogP contribution >= 0.6 is 0 Å². The zero-order chi connectivity index (χ0) is 14.1. The van der Waals surface area contributed by atoms with Crippen molar-refractivity contribution < 1.29 is 9.53 Å². The molecule has 1 fully saturated rings. The number of nitrogens with zero attached hydrogens (tertiary/aromatic N) is 2. The van der Waals surface area contributed by atoms with E-state index in [9.17, 15) is 4.79 Å². The first-order chi connectivity index (χ1) is 9.69. The molecule has 2 heterocycles. The van der Waals surface area contributed by atoms with E-state index in [-0.39, 0.29) is 12.1 Å². The minimum atomic E-state index is 0.0567. The summed E-state index contributed by atoms with van der Waals surface area (Å²) in [5, 5.41) is 3.11. The van der Waals surface area contributed by atoms with Gasteiger partial charge in [-0.05, 0) is 30.5 Å². The first-order valence-electron chi connectivity index (χ1n) is 7.14. The number of urea groups is 1. The Hall–Kier alpha value is -1.75. The van der Waals surface area contributed by atoms with Crippen LogP contribution in [0.1, 0.15) is 18.4 Å². The van der Waals surface area contributed by atoms with E-state index in [0.29, 0.717) is 13.1 Å². The first kappa shape index (κ1) is 13.2. The highest BCUT2D eigenvalue weighted by atomic mass is 16.5. The van der Waals surface area contributed by atoms with Gasteiger partial charge in [0.2, 0.25) is 0 Å². The van der Waals surface area contributed by atoms with Crippen molar-refractivity contribution in [1.29, 1.82) is 0 Å². The Morgan fingerprint density at radius 2 is 2.30 bits per heavy atom. The van der Waals surface area contributed by atoms with E-state index in [4.69, 9.17) is 4.74 Å². The van der Waals surface area contributed by atoms with Crippen LogP contribution in [0.25, 0.3) is 0 Å². The summed E-state index contributed by atoms with van der Waals surface area (Å²) in [5.41, 5.74) is 3.20. The van der Waals surface area contributed by atoms with Gasteiger partial charge in [0, 0.05) is 39.5 Å². The third-order valence-electron chi connectivity index (χ3n) is 4.10. The maximum atomic E-state index is 12.5. The molecule has 5 nitrogen and oxygen atoms in total. The molecule has 1 atom stereocenters. The van der Waals surface area contributed by atoms with Gasteiger partial charge in [-0.1, -0.05) is 6.07 Å². The van der Waals surface area contributed by atoms with Gasteiger partial charge in [-0.3, -0.25) is 4.90 Å². The molecule has 3 rings (SSSR count). The summed E-state index contributed by atoms with van der Waals surface area (Å²) in [7, 11) is 3.72. The summed E-state index contributed by atoms with van der Waals surface area (Å²) in [5.74, 6) is 0. The molecule has 0 spiro atoms. The second-order valence-corrected chi connectivity index (χ2v) is 5.45. The van der Waals surface area contributed by atoms with Crippen LogP contribution in [-0.4, -0.2) is 44.3 Å². The van der Waals surface area contributed by atoms with E-state index in [1.54, 1.807) is 4.90 Å². The highest BCUT2D eigenvalue weighted by molar-refractivity contribution is 5.95. The SMILES string of the molecule is CNc1ccc2c(c1)N(C)C(=O)N(CC1CCCO1)C2. The summed E-state index contributed by atoms with van der Waals surface area (Å²) in [4.78, 5) is 16.1. The molecule has 0 bridgehead atoms. The fraction of sp³-hybridized carbons (Fsp3) is 0.533. The lowest BCUT2D eigenvalue weighted by atomic mass is 10.1. The standard InChI is InChI=1S/C15H21N3O2/c1-16-12-6-5-11-9-18(10-13-4-3-7-20-13)15(19)17(2)14(11)8-12/h5-6,8,13,16H,3-4,7,9-10H2,1-2H3. The van der Waals surface area contributed by atoms with Gasteiger partial charge in [0.25, 0.3) is 0 Å². The minimum Gasteiger partial charge on any atom is -0.388 e. The normalized spacial score (nSPS) is 22.1. The van der Waals surface area contributed by atoms with Crippen LogP contribution < -0.4 is 10.2 Å². The molecule has 0 aromatic heterocycles. The van der Waals surface area contributed by atoms with Crippen molar-refractivity contribution in [1.82, 2.24) is 4.90 Å². The smallest absolute Gasteiger partial charge is 0.324 e. The molecular weight excluding hydrogens is 254 g/mol. The quantitative estimate of drug-likeness (QED) is 0.920. The van der Waals surface area contributed by atoms with Gasteiger partial charge in [0.1, 0.15) is 0 Å². The fourth-order valence-corrected chi connectivity index (χ4v) is 2.93. The molecule has 2 aliphatic heterocycles. The molecular formula is C15H21N3O2. The van der Waals surface area contributed by atoms with Gasteiger partial charge >= 0.3 is 6.03 Å². The van der Waals surface area contributed by atoms with Crippen LogP contribution in [0, 0.1) is 0 Å². The van der Waals surface area contributed by atoms with Crippen molar-refractivity contribution in [2.24, 2.45) is 0 Å². The Kier molecular flexibility index (Phi) is 3.53. The first-order valence-corrected chi connectivity index (χ1v) is 7.14. The van der Waals surface area contributed by atoms with Crippen molar-refractivity contribution in [3.05, 3.63) is 23.8 Å². The molecule has 1 unspecified atom stereocenters. The third-order valence-corrected chi connectivity index (χ3v) is 4.10. The van der Waals surface area contributed by atoms with Crippen molar-refractivity contribution >= 4 is 17.4 Å². The average molecular weight is 275 g/mol. The summed E-state index contributed by atoms with van der Waals surface area (Å²) in [6.45, 7) is 2.18. The van der Waals surface area contributed by atoms with Crippen molar-refractivity contribution in [3.8, 4) is 0 Å². The lowest BCUT2D eigenvalue weighted by Crippen LogP contribution is -2.47. The van der Waals surface area contributed by atoms with Crippen LogP contribution in [0.2, 0.25) is 0 Å². The van der Waals surface area contributed by atoms with Crippen LogP contribution in [-0.2, 0) is 11.3 Å². The molecule has 0 aliphatic carbocycles. The lowest BCUT2D eigenvalue weighted by molar-refractivity contribution is 0.0800. The number of hydrogen-bond donors (Lipinski definition) is 1. The highest BCUT2D eigenvalue weighted by Crippen LogP contribution is 2.30. The highest BCUT2D eigenvalue weighted by Gasteiger charge is 2.30. The lowest BCUT2D eigenvalue weighted by Gasteiger charge is -2.36. The van der Waals surface area contributed by atoms with Crippen LogP contribution in [0.5, 0.6) is 0 Å². The summed E-state index contributed by atoms with van der Waals surface area (Å²) >= 11 is 0. The van der Waals surface area contributed by atoms with E-state index >= 15 is 0 Å². The van der Waals surface area contributed by atoms with Gasteiger partial charge in [-0.25, -0.2) is 4.79 Å². The Labute approximate surface area is 119 Å². The monoisotopic (exact) mass is 275 g/mol. The molecule has 1 aromatic rings. The Morgan fingerprint density at radius 3 is 3.00 bits per heavy atom. The van der Waals surface area contributed by atoms with E-state index in [1.807, 2.05) is 31.1 Å². The van der Waals surface area contributed by atoms with Crippen molar-refractivity contribution in [2.75, 3.05) is 37.5 Å². The molecule has 2 amide bonds. The molecule has 20 heavy (non-hydrogen) atoms. The third kappa shape index (κ3) is 2.33. The number of hydrogen-bond acceptors (Lipinski definition) is 3. The van der Waals surface area contributed by atoms with Gasteiger partial charge in [0.05, 0.1) is 11.8 Å². The Morgan fingerprint density at radius 1 is 1.45 bits per heavy atom. The number of fused-ring (bicyclic) bond motifs is 1. The molecule has 1 N–H and O–H groups in total. The molecule has 5 heteroatoms. The number of carbonyl (C=O) groups excluding carboxylic acids is 1. The van der Waals surface area contributed by atoms with Gasteiger partial charge in [-0.15, -0.1) is 0 Å². The van der Waals surface area contributed by atoms with Crippen LogP contribution in [0.4, 0.5) is 16.2 Å². The maximum absolute atomic E-state index is 12.5. The topological polar surface area (TPSA) is 44.8 Å². The van der Waals surface area contributed by atoms with Gasteiger partial charge < -0.3 is 15.0 Å². The number of amides is 2. The molecule has 1 aromatic carbocycles. The fourth-order valence-electron chi connectivity index (χ4n) is 2.93. The Bertz CT molecular complexity index is 512. The van der Waals surface area contributed by atoms with E-state index in [2.05, 4.69) is 11.4 Å².